The van der Waals surface area contributed by atoms with Crippen molar-refractivity contribution in [3.05, 3.63) is 64.7 Å². The number of para-hydroxylation sites is 1. The Labute approximate surface area is 195 Å². The Morgan fingerprint density at radius 1 is 1.12 bits per heavy atom. The summed E-state index contributed by atoms with van der Waals surface area (Å²) in [6.07, 6.45) is -0.647. The minimum atomic E-state index is -1.44. The molecule has 0 bridgehead atoms. The number of amides is 3. The zero-order chi connectivity index (χ0) is 23.3. The van der Waals surface area contributed by atoms with Crippen molar-refractivity contribution in [2.24, 2.45) is 11.8 Å². The molecule has 2 aromatic carbocycles. The highest BCUT2D eigenvalue weighted by Gasteiger charge is 2.71. The fourth-order valence-corrected chi connectivity index (χ4v) is 5.60. The molecule has 0 radical (unpaired) electrons. The second-order valence-corrected chi connectivity index (χ2v) is 9.09. The molecule has 3 heterocycles. The van der Waals surface area contributed by atoms with E-state index in [-0.39, 0.29) is 12.5 Å². The minimum absolute atomic E-state index is 0.196. The number of carbonyl (C=O) groups is 3. The lowest BCUT2D eigenvalue weighted by atomic mass is 9.76. The fourth-order valence-electron chi connectivity index (χ4n) is 5.47. The molecule has 33 heavy (non-hydrogen) atoms. The second-order valence-electron chi connectivity index (χ2n) is 8.65. The Bertz CT molecular complexity index is 1120. The molecule has 8 nitrogen and oxygen atoms in total. The first-order valence-corrected chi connectivity index (χ1v) is 11.2. The number of nitrogens with one attached hydrogen (secondary N) is 2. The highest BCUT2D eigenvalue weighted by molar-refractivity contribution is 6.30. The van der Waals surface area contributed by atoms with Crippen molar-refractivity contribution in [2.45, 2.75) is 24.1 Å². The number of fused-ring (bicyclic) bond motifs is 4. The number of aliphatic hydroxyl groups is 1. The van der Waals surface area contributed by atoms with E-state index in [1.54, 1.807) is 55.6 Å². The number of ether oxygens (including phenoxy) is 1. The van der Waals surface area contributed by atoms with Gasteiger partial charge in [0.05, 0.1) is 24.0 Å². The van der Waals surface area contributed by atoms with Crippen molar-refractivity contribution < 1.29 is 24.2 Å². The number of imide groups is 1. The van der Waals surface area contributed by atoms with E-state index in [2.05, 4.69) is 10.6 Å². The van der Waals surface area contributed by atoms with Gasteiger partial charge in [0.15, 0.2) is 0 Å². The van der Waals surface area contributed by atoms with Crippen LogP contribution in [0.2, 0.25) is 5.02 Å². The third-order valence-corrected chi connectivity index (χ3v) is 7.18. The van der Waals surface area contributed by atoms with Crippen LogP contribution in [0, 0.1) is 11.8 Å². The smallest absolute Gasteiger partial charge is 0.250 e. The number of carbonyl (C=O) groups excluding carboxylic acids is 3. The van der Waals surface area contributed by atoms with Crippen LogP contribution >= 0.6 is 11.6 Å². The standard InChI is InChI=1S/C24H24ClN3O5/c1-33-12-4-11-28-21(30)17-18(22(28)31)24(15-5-2-3-6-16(15)26-23(24)32)27-19(17)20(29)13-7-9-14(25)10-8-13/h2-3,5-10,17-20,27,29H,4,11-12H2,1H3,(H,26,32)/t17-,18-,19-,20-,24-/m0/s1. The average molecular weight is 470 g/mol. The first-order valence-electron chi connectivity index (χ1n) is 10.9. The number of rotatable bonds is 6. The van der Waals surface area contributed by atoms with Crippen molar-refractivity contribution in [1.82, 2.24) is 10.2 Å². The lowest BCUT2D eigenvalue weighted by Crippen LogP contribution is -2.54. The molecule has 3 aliphatic rings. The SMILES string of the molecule is COCCCN1C(=O)[C@@H]2[C@@H]([C@@H](O)c3ccc(Cl)cc3)N[C@]3(C(=O)Nc4ccccc43)[C@@H]2C1=O. The molecule has 9 heteroatoms. The normalized spacial score (nSPS) is 28.9. The van der Waals surface area contributed by atoms with Gasteiger partial charge in [0.1, 0.15) is 5.54 Å². The molecule has 0 saturated carbocycles. The van der Waals surface area contributed by atoms with Crippen molar-refractivity contribution in [1.29, 1.82) is 0 Å². The summed E-state index contributed by atoms with van der Waals surface area (Å²) in [6, 6.07) is 12.9. The summed E-state index contributed by atoms with van der Waals surface area (Å²) in [7, 11) is 1.56. The quantitative estimate of drug-likeness (QED) is 0.440. The van der Waals surface area contributed by atoms with Crippen LogP contribution < -0.4 is 10.6 Å². The molecule has 172 valence electrons. The Hall–Kier alpha value is -2.78. The molecule has 5 rings (SSSR count). The molecule has 2 saturated heterocycles. The molecular weight excluding hydrogens is 446 g/mol. The number of halogens is 1. The summed E-state index contributed by atoms with van der Waals surface area (Å²) >= 11 is 5.99. The fraction of sp³-hybridized carbons (Fsp3) is 0.375. The van der Waals surface area contributed by atoms with Crippen LogP contribution in [0.25, 0.3) is 0 Å². The Morgan fingerprint density at radius 2 is 1.85 bits per heavy atom. The molecule has 3 aliphatic heterocycles. The molecular formula is C24H24ClN3O5. The zero-order valence-corrected chi connectivity index (χ0v) is 18.7. The van der Waals surface area contributed by atoms with Gasteiger partial charge in [-0.1, -0.05) is 41.9 Å². The molecule has 3 amide bonds. The Balaban J connectivity index is 1.60. The van der Waals surface area contributed by atoms with Gasteiger partial charge in [0.25, 0.3) is 0 Å². The van der Waals surface area contributed by atoms with E-state index in [1.807, 2.05) is 0 Å². The number of likely N-dealkylation sites (tertiary alicyclic amines) is 1. The lowest BCUT2D eigenvalue weighted by Gasteiger charge is -2.30. The van der Waals surface area contributed by atoms with Gasteiger partial charge in [-0.05, 0) is 30.2 Å². The van der Waals surface area contributed by atoms with Gasteiger partial charge in [-0.15, -0.1) is 0 Å². The average Bonchev–Trinajstić information content (AvgIpc) is 3.40. The molecule has 0 aromatic heterocycles. The van der Waals surface area contributed by atoms with Gasteiger partial charge >= 0.3 is 0 Å². The van der Waals surface area contributed by atoms with Crippen LogP contribution in [0.3, 0.4) is 0 Å². The number of hydrogen-bond acceptors (Lipinski definition) is 6. The first kappa shape index (κ1) is 22.0. The predicted octanol–water partition coefficient (Wildman–Crippen LogP) is 1.83. The van der Waals surface area contributed by atoms with Gasteiger partial charge in [0.2, 0.25) is 17.7 Å². The monoisotopic (exact) mass is 469 g/mol. The Kier molecular flexibility index (Phi) is 5.49. The van der Waals surface area contributed by atoms with E-state index in [9.17, 15) is 19.5 Å². The van der Waals surface area contributed by atoms with Crippen LogP contribution in [0.1, 0.15) is 23.7 Å². The maximum atomic E-state index is 13.6. The van der Waals surface area contributed by atoms with E-state index < -0.39 is 41.3 Å². The largest absolute Gasteiger partial charge is 0.387 e. The number of hydrogen-bond donors (Lipinski definition) is 3. The molecule has 0 aliphatic carbocycles. The van der Waals surface area contributed by atoms with Crippen LogP contribution in [-0.4, -0.2) is 54.0 Å². The highest BCUT2D eigenvalue weighted by atomic mass is 35.5. The van der Waals surface area contributed by atoms with E-state index in [0.29, 0.717) is 34.9 Å². The molecule has 5 atom stereocenters. The van der Waals surface area contributed by atoms with E-state index in [1.165, 1.54) is 4.90 Å². The number of methoxy groups -OCH3 is 1. The van der Waals surface area contributed by atoms with Crippen molar-refractivity contribution in [3.8, 4) is 0 Å². The molecule has 2 fully saturated rings. The van der Waals surface area contributed by atoms with Gasteiger partial charge in [-0.25, -0.2) is 0 Å². The van der Waals surface area contributed by atoms with E-state index >= 15 is 0 Å². The summed E-state index contributed by atoms with van der Waals surface area (Å²) < 4.78 is 5.07. The Morgan fingerprint density at radius 3 is 2.58 bits per heavy atom. The second kappa shape index (κ2) is 8.22. The van der Waals surface area contributed by atoms with E-state index in [0.717, 1.165) is 0 Å². The molecule has 2 aromatic rings. The molecule has 1 spiro atoms. The van der Waals surface area contributed by atoms with Crippen LogP contribution in [0.4, 0.5) is 5.69 Å². The van der Waals surface area contributed by atoms with Crippen LogP contribution in [0.5, 0.6) is 0 Å². The van der Waals surface area contributed by atoms with Gasteiger partial charge in [-0.3, -0.25) is 24.6 Å². The number of aliphatic hydroxyl groups excluding tert-OH is 1. The maximum Gasteiger partial charge on any atom is 0.250 e. The van der Waals surface area contributed by atoms with Crippen molar-refractivity contribution in [2.75, 3.05) is 25.6 Å². The topological polar surface area (TPSA) is 108 Å². The van der Waals surface area contributed by atoms with Gasteiger partial charge < -0.3 is 15.2 Å². The first-order chi connectivity index (χ1) is 15.9. The predicted molar refractivity (Wildman–Crippen MR) is 120 cm³/mol. The molecule has 0 unspecified atom stereocenters. The summed E-state index contributed by atoms with van der Waals surface area (Å²) in [5.41, 5.74) is 0.295. The third-order valence-electron chi connectivity index (χ3n) is 6.93. The van der Waals surface area contributed by atoms with Crippen molar-refractivity contribution >= 4 is 35.0 Å². The number of anilines is 1. The summed E-state index contributed by atoms with van der Waals surface area (Å²) in [5.74, 6) is -3.07. The third kappa shape index (κ3) is 3.20. The van der Waals surface area contributed by atoms with Gasteiger partial charge in [0, 0.05) is 36.5 Å². The summed E-state index contributed by atoms with van der Waals surface area (Å²) in [6.45, 7) is 0.595. The summed E-state index contributed by atoms with van der Waals surface area (Å²) in [4.78, 5) is 41.7. The van der Waals surface area contributed by atoms with E-state index in [4.69, 9.17) is 16.3 Å². The maximum absolute atomic E-state index is 13.6. The molecule has 3 N–H and O–H groups in total. The minimum Gasteiger partial charge on any atom is -0.387 e. The van der Waals surface area contributed by atoms with Crippen molar-refractivity contribution in [3.63, 3.8) is 0 Å². The summed E-state index contributed by atoms with van der Waals surface area (Å²) in [5, 5.41) is 17.9. The van der Waals surface area contributed by atoms with Crippen LogP contribution in [0.15, 0.2) is 48.5 Å². The highest BCUT2D eigenvalue weighted by Crippen LogP contribution is 2.54. The number of benzene rings is 2. The van der Waals surface area contributed by atoms with Crippen LogP contribution in [-0.2, 0) is 24.7 Å². The van der Waals surface area contributed by atoms with Gasteiger partial charge in [-0.2, -0.15) is 0 Å². The number of nitrogens with zero attached hydrogens (tertiary/aromatic N) is 1. The lowest BCUT2D eigenvalue weighted by molar-refractivity contribution is -0.143. The zero-order valence-electron chi connectivity index (χ0n) is 18.0.